The van der Waals surface area contributed by atoms with Gasteiger partial charge >= 0.3 is 11.9 Å². The number of hydrogen-bond acceptors (Lipinski definition) is 8. The van der Waals surface area contributed by atoms with Crippen molar-refractivity contribution >= 4 is 18.0 Å². The van der Waals surface area contributed by atoms with Gasteiger partial charge in [-0.2, -0.15) is 0 Å². The van der Waals surface area contributed by atoms with Crippen LogP contribution in [-0.4, -0.2) is 48.6 Å². The second kappa shape index (κ2) is 14.6. The minimum Gasteiger partial charge on any atom is -0.504 e. The first-order chi connectivity index (χ1) is 24.7. The van der Waals surface area contributed by atoms with Gasteiger partial charge in [0.1, 0.15) is 12.2 Å². The lowest BCUT2D eigenvalue weighted by Crippen LogP contribution is -2.54. The number of carbonyl (C=O) groups excluding carboxylic acids is 2. The highest BCUT2D eigenvalue weighted by molar-refractivity contribution is 5.72. The van der Waals surface area contributed by atoms with Gasteiger partial charge in [-0.25, -0.2) is 0 Å². The van der Waals surface area contributed by atoms with Crippen molar-refractivity contribution in [2.75, 3.05) is 14.2 Å². The predicted molar refractivity (Wildman–Crippen MR) is 194 cm³/mol. The Bertz CT molecular complexity index is 1780. The minimum atomic E-state index is -0.531. The molecule has 0 aromatic heterocycles. The second-order valence-corrected chi connectivity index (χ2v) is 15.1. The van der Waals surface area contributed by atoms with Crippen LogP contribution in [0.25, 0.3) is 6.08 Å². The first-order valence-electron chi connectivity index (χ1n) is 18.6. The zero-order valence-corrected chi connectivity index (χ0v) is 29.9. The molecule has 270 valence electrons. The first-order valence-corrected chi connectivity index (χ1v) is 18.6. The molecule has 0 amide bonds. The van der Waals surface area contributed by atoms with E-state index in [0.717, 1.165) is 72.8 Å². The molecular formula is C43H50O8. The van der Waals surface area contributed by atoms with Gasteiger partial charge in [0, 0.05) is 24.7 Å². The average molecular weight is 695 g/mol. The van der Waals surface area contributed by atoms with Crippen molar-refractivity contribution in [3.05, 3.63) is 88.5 Å². The van der Waals surface area contributed by atoms with E-state index in [1.807, 2.05) is 42.5 Å². The molecule has 7 rings (SSSR count). The Morgan fingerprint density at radius 1 is 0.804 bits per heavy atom. The van der Waals surface area contributed by atoms with E-state index in [9.17, 15) is 19.8 Å². The van der Waals surface area contributed by atoms with E-state index in [2.05, 4.69) is 24.3 Å². The van der Waals surface area contributed by atoms with Crippen molar-refractivity contribution in [3.8, 4) is 23.0 Å². The Morgan fingerprint density at radius 3 is 2.22 bits per heavy atom. The molecule has 2 N–H and O–H groups in total. The molecule has 6 atom stereocenters. The molecule has 0 unspecified atom stereocenters. The molecule has 8 heteroatoms. The molecule has 4 aliphatic rings. The van der Waals surface area contributed by atoms with Crippen LogP contribution in [-0.2, 0) is 38.3 Å². The van der Waals surface area contributed by atoms with Gasteiger partial charge in [0.2, 0.25) is 0 Å². The maximum atomic E-state index is 13.8. The van der Waals surface area contributed by atoms with Crippen LogP contribution in [0.5, 0.6) is 23.0 Å². The molecular weight excluding hydrogens is 644 g/mol. The highest BCUT2D eigenvalue weighted by Crippen LogP contribution is 2.60. The minimum absolute atomic E-state index is 0.0378. The van der Waals surface area contributed by atoms with Gasteiger partial charge in [-0.15, -0.1) is 0 Å². The fourth-order valence-corrected chi connectivity index (χ4v) is 9.92. The summed E-state index contributed by atoms with van der Waals surface area (Å²) in [6.45, 7) is 1.46. The van der Waals surface area contributed by atoms with E-state index >= 15 is 0 Å². The number of esters is 2. The van der Waals surface area contributed by atoms with Crippen LogP contribution in [0.2, 0.25) is 0 Å². The largest absolute Gasteiger partial charge is 0.504 e. The summed E-state index contributed by atoms with van der Waals surface area (Å²) in [6.07, 6.45) is 12.1. The zero-order chi connectivity index (χ0) is 35.7. The summed E-state index contributed by atoms with van der Waals surface area (Å²) < 4.78 is 24.0. The Morgan fingerprint density at radius 2 is 1.51 bits per heavy atom. The Hall–Kier alpha value is -4.46. The van der Waals surface area contributed by atoms with Crippen LogP contribution in [0.15, 0.2) is 60.7 Å². The molecule has 51 heavy (non-hydrogen) atoms. The lowest BCUT2D eigenvalue weighted by molar-refractivity contribution is -0.167. The Labute approximate surface area is 300 Å². The number of carbonyl (C=O) groups is 2. The van der Waals surface area contributed by atoms with E-state index in [1.165, 1.54) is 6.92 Å². The Kier molecular flexibility index (Phi) is 10.0. The Balaban J connectivity index is 1.42. The quantitative estimate of drug-likeness (QED) is 0.239. The maximum absolute atomic E-state index is 13.8. The maximum Gasteiger partial charge on any atom is 0.309 e. The molecule has 0 heterocycles. The summed E-state index contributed by atoms with van der Waals surface area (Å²) in [6, 6.07) is 17.8. The zero-order valence-electron chi connectivity index (χ0n) is 29.9. The smallest absolute Gasteiger partial charge is 0.309 e. The number of phenolic OH excluding ortho intramolecular Hbond substituents is 2. The number of aryl methyl sites for hydroxylation is 1. The van der Waals surface area contributed by atoms with Gasteiger partial charge < -0.3 is 29.2 Å². The van der Waals surface area contributed by atoms with Crippen LogP contribution < -0.4 is 9.47 Å². The van der Waals surface area contributed by atoms with Crippen molar-refractivity contribution in [1.29, 1.82) is 0 Å². The summed E-state index contributed by atoms with van der Waals surface area (Å²) in [7, 11) is 3.12. The summed E-state index contributed by atoms with van der Waals surface area (Å²) in [5.74, 6) is 0.222. The van der Waals surface area contributed by atoms with Gasteiger partial charge in [0.05, 0.1) is 20.1 Å². The molecule has 0 radical (unpaired) electrons. The third-order valence-electron chi connectivity index (χ3n) is 12.3. The number of ether oxygens (including phenoxy) is 4. The lowest BCUT2D eigenvalue weighted by Gasteiger charge is -2.56. The molecule has 4 aliphatic carbocycles. The van der Waals surface area contributed by atoms with Gasteiger partial charge in [-0.3, -0.25) is 9.59 Å². The number of allylic oxidation sites excluding steroid dienone is 1. The summed E-state index contributed by atoms with van der Waals surface area (Å²) in [5.41, 5.74) is 4.81. The number of phenols is 2. The monoisotopic (exact) mass is 694 g/mol. The SMILES string of the molecule is COc1cc2c(cc1O)C[C@@]1(/C=C/c3ccccc3)[C@H](C2)[C@H](OC(C)=O)C[C@@H](OC(=O)C2CCCCC2)C[C@H]2c3cc(OC)c(O)cc3CC[C@@H]21. The predicted octanol–water partition coefficient (Wildman–Crippen LogP) is 8.09. The first kappa shape index (κ1) is 35.0. The van der Waals surface area contributed by atoms with Crippen LogP contribution in [0, 0.1) is 23.2 Å². The molecule has 0 spiro atoms. The summed E-state index contributed by atoms with van der Waals surface area (Å²) in [5, 5.41) is 21.8. The van der Waals surface area contributed by atoms with Gasteiger partial charge in [-0.1, -0.05) is 61.7 Å². The fraction of sp³-hybridized carbons (Fsp3) is 0.488. The molecule has 3 aromatic carbocycles. The second-order valence-electron chi connectivity index (χ2n) is 15.1. The molecule has 8 nitrogen and oxygen atoms in total. The molecule has 0 saturated heterocycles. The van der Waals surface area contributed by atoms with E-state index < -0.39 is 17.6 Å². The average Bonchev–Trinajstić information content (AvgIpc) is 3.13. The van der Waals surface area contributed by atoms with Crippen LogP contribution in [0.1, 0.15) is 92.0 Å². The van der Waals surface area contributed by atoms with E-state index in [1.54, 1.807) is 14.2 Å². The van der Waals surface area contributed by atoms with E-state index in [-0.39, 0.29) is 47.1 Å². The number of aromatic hydroxyl groups is 2. The van der Waals surface area contributed by atoms with Gasteiger partial charge in [0.15, 0.2) is 23.0 Å². The highest BCUT2D eigenvalue weighted by Gasteiger charge is 2.56. The van der Waals surface area contributed by atoms with Crippen molar-refractivity contribution in [1.82, 2.24) is 0 Å². The third kappa shape index (κ3) is 6.94. The van der Waals surface area contributed by atoms with Crippen molar-refractivity contribution in [3.63, 3.8) is 0 Å². The highest BCUT2D eigenvalue weighted by atomic mass is 16.6. The summed E-state index contributed by atoms with van der Waals surface area (Å²) in [4.78, 5) is 26.7. The fourth-order valence-electron chi connectivity index (χ4n) is 9.92. The molecule has 0 bridgehead atoms. The topological polar surface area (TPSA) is 112 Å². The number of rotatable bonds is 7. The van der Waals surface area contributed by atoms with Crippen molar-refractivity contribution in [2.24, 2.45) is 23.2 Å². The molecule has 2 saturated carbocycles. The lowest BCUT2D eigenvalue weighted by atomic mass is 9.49. The number of benzene rings is 3. The van der Waals surface area contributed by atoms with Gasteiger partial charge in [0.25, 0.3) is 0 Å². The normalized spacial score (nSPS) is 27.5. The van der Waals surface area contributed by atoms with Crippen molar-refractivity contribution in [2.45, 2.75) is 95.7 Å². The summed E-state index contributed by atoms with van der Waals surface area (Å²) >= 11 is 0. The van der Waals surface area contributed by atoms with Crippen LogP contribution in [0.3, 0.4) is 0 Å². The molecule has 2 fully saturated rings. The van der Waals surface area contributed by atoms with Crippen molar-refractivity contribution < 1.29 is 38.7 Å². The number of methoxy groups -OCH3 is 2. The molecule has 0 aliphatic heterocycles. The third-order valence-corrected chi connectivity index (χ3v) is 12.3. The van der Waals surface area contributed by atoms with E-state index in [0.29, 0.717) is 37.2 Å². The van der Waals surface area contributed by atoms with Crippen LogP contribution in [0.4, 0.5) is 0 Å². The number of hydrogen-bond donors (Lipinski definition) is 2. The molecule has 3 aromatic rings. The van der Waals surface area contributed by atoms with Gasteiger partial charge in [-0.05, 0) is 109 Å². The number of fused-ring (bicyclic) bond motifs is 6. The van der Waals surface area contributed by atoms with E-state index in [4.69, 9.17) is 18.9 Å². The van der Waals surface area contributed by atoms with Crippen LogP contribution >= 0.6 is 0 Å². The standard InChI is InChI=1S/C43H50O8/c1-26(44)50-39-23-32(51-42(47)28-12-8-5-9-13-28)22-34-33-24-41(49-3)37(45)19-29(33)14-15-35(34)43(17-16-27-10-6-4-7-11-27)25-31-20-38(46)40(48-2)21-30(31)18-36(39)43/h4,6-7,10-11,16-17,19-21,24,28,32,34-36,39,45-46H,5,8-9,12-15,18,22-23,25H2,1-3H3/b17-16+/t32-,34-,35-,36+,39+,43+/m0/s1.